The number of hydrogen-bond acceptors (Lipinski definition) is 5. The number of anilines is 2. The van der Waals surface area contributed by atoms with Gasteiger partial charge in [0.15, 0.2) is 15.6 Å². The molecule has 1 aromatic heterocycles. The monoisotopic (exact) mass is 432 g/mol. The lowest BCUT2D eigenvalue weighted by atomic mass is 10.2. The van der Waals surface area contributed by atoms with Gasteiger partial charge in [0.05, 0.1) is 16.3 Å². The van der Waals surface area contributed by atoms with Gasteiger partial charge in [0.25, 0.3) is 0 Å². The van der Waals surface area contributed by atoms with Gasteiger partial charge >= 0.3 is 5.91 Å². The second kappa shape index (κ2) is 8.89. The summed E-state index contributed by atoms with van der Waals surface area (Å²) >= 11 is 0. The van der Waals surface area contributed by atoms with E-state index in [9.17, 15) is 13.2 Å². The molecule has 1 heterocycles. The number of hydrogen-bond donors (Lipinski definition) is 1. The third-order valence-corrected chi connectivity index (χ3v) is 6.22. The highest BCUT2D eigenvalue weighted by Crippen LogP contribution is 2.23. The summed E-state index contributed by atoms with van der Waals surface area (Å²) in [7, 11) is -3.57. The molecule has 0 aliphatic heterocycles. The molecule has 0 atom stereocenters. The van der Waals surface area contributed by atoms with E-state index in [1.54, 1.807) is 23.2 Å². The van der Waals surface area contributed by atoms with Crippen LogP contribution in [-0.2, 0) is 15.6 Å². The number of sulfone groups is 1. The second-order valence-corrected chi connectivity index (χ2v) is 8.78. The summed E-state index contributed by atoms with van der Waals surface area (Å²) in [5.74, 6) is -0.600. The first-order valence-corrected chi connectivity index (χ1v) is 11.3. The van der Waals surface area contributed by atoms with Crippen LogP contribution in [-0.4, -0.2) is 14.3 Å². The molecule has 3 aromatic carbocycles. The van der Waals surface area contributed by atoms with Gasteiger partial charge in [-0.15, -0.1) is 0 Å². The average Bonchev–Trinajstić information content (AvgIpc) is 3.27. The van der Waals surface area contributed by atoms with E-state index >= 15 is 0 Å². The highest BCUT2D eigenvalue weighted by Gasteiger charge is 2.21. The smallest absolute Gasteiger partial charge is 0.305 e. The molecule has 1 amide bonds. The van der Waals surface area contributed by atoms with Crippen LogP contribution in [0.2, 0.25) is 0 Å². The number of carbonyl (C=O) groups is 1. The SMILES string of the molecule is O=C(NN(c1ccccc1)c1ccccc1)c1ccc(CS(=O)(=O)c2ccccc2)o1. The molecule has 6 nitrogen and oxygen atoms in total. The Balaban J connectivity index is 1.54. The maximum Gasteiger partial charge on any atom is 0.305 e. The van der Waals surface area contributed by atoms with Crippen LogP contribution in [0.3, 0.4) is 0 Å². The van der Waals surface area contributed by atoms with E-state index in [4.69, 9.17) is 4.42 Å². The molecule has 0 spiro atoms. The molecule has 0 fully saturated rings. The Bertz CT molecular complexity index is 1220. The van der Waals surface area contributed by atoms with Crippen LogP contribution in [0.25, 0.3) is 0 Å². The van der Waals surface area contributed by atoms with Gasteiger partial charge in [-0.2, -0.15) is 0 Å². The normalized spacial score (nSPS) is 11.1. The minimum Gasteiger partial charge on any atom is -0.455 e. The number of para-hydroxylation sites is 2. The van der Waals surface area contributed by atoms with Crippen molar-refractivity contribution in [1.82, 2.24) is 5.43 Å². The largest absolute Gasteiger partial charge is 0.455 e. The topological polar surface area (TPSA) is 79.6 Å². The van der Waals surface area contributed by atoms with Crippen molar-refractivity contribution in [1.29, 1.82) is 0 Å². The summed E-state index contributed by atoms with van der Waals surface area (Å²) in [5, 5.41) is 1.64. The quantitative estimate of drug-likeness (QED) is 0.427. The molecule has 0 radical (unpaired) electrons. The fourth-order valence-corrected chi connectivity index (χ4v) is 4.33. The van der Waals surface area contributed by atoms with Crippen LogP contribution < -0.4 is 10.4 Å². The van der Waals surface area contributed by atoms with Crippen LogP contribution in [0.4, 0.5) is 11.4 Å². The van der Waals surface area contributed by atoms with E-state index in [2.05, 4.69) is 5.43 Å². The first kappa shape index (κ1) is 20.4. The zero-order valence-corrected chi connectivity index (χ0v) is 17.3. The summed E-state index contributed by atoms with van der Waals surface area (Å²) in [4.78, 5) is 13.1. The summed E-state index contributed by atoms with van der Waals surface area (Å²) in [5.41, 5.74) is 4.35. The summed E-state index contributed by atoms with van der Waals surface area (Å²) in [6.45, 7) is 0. The molecular formula is C24H20N2O4S. The standard InChI is InChI=1S/C24H20N2O4S/c27-24(25-26(19-10-4-1-5-11-19)20-12-6-2-7-13-20)23-17-16-21(30-23)18-31(28,29)22-14-8-3-9-15-22/h1-17H,18H2,(H,25,27). The molecule has 31 heavy (non-hydrogen) atoms. The predicted octanol–water partition coefficient (Wildman–Crippen LogP) is 4.74. The van der Waals surface area contributed by atoms with Gasteiger partial charge in [0.2, 0.25) is 0 Å². The van der Waals surface area contributed by atoms with Crippen molar-refractivity contribution in [2.75, 3.05) is 5.01 Å². The molecule has 0 saturated carbocycles. The third-order valence-electron chi connectivity index (χ3n) is 4.56. The number of nitrogens with zero attached hydrogens (tertiary/aromatic N) is 1. The summed E-state index contributed by atoms with van der Waals surface area (Å²) in [6.07, 6.45) is 0. The number of amides is 1. The van der Waals surface area contributed by atoms with Crippen LogP contribution in [0, 0.1) is 0 Å². The van der Waals surface area contributed by atoms with Crippen LogP contribution in [0.5, 0.6) is 0 Å². The lowest BCUT2D eigenvalue weighted by molar-refractivity contribution is 0.0924. The number of carbonyl (C=O) groups excluding carboxylic acids is 1. The number of nitrogens with one attached hydrogen (secondary N) is 1. The maximum atomic E-state index is 12.9. The zero-order chi connectivity index (χ0) is 21.7. The Morgan fingerprint density at radius 3 is 1.81 bits per heavy atom. The second-order valence-electron chi connectivity index (χ2n) is 6.79. The highest BCUT2D eigenvalue weighted by molar-refractivity contribution is 7.90. The fourth-order valence-electron chi connectivity index (χ4n) is 3.06. The van der Waals surface area contributed by atoms with E-state index in [0.717, 1.165) is 11.4 Å². The molecule has 0 saturated heterocycles. The lowest BCUT2D eigenvalue weighted by Crippen LogP contribution is -2.38. The van der Waals surface area contributed by atoms with Crippen molar-refractivity contribution in [3.63, 3.8) is 0 Å². The Morgan fingerprint density at radius 2 is 1.26 bits per heavy atom. The predicted molar refractivity (Wildman–Crippen MR) is 119 cm³/mol. The van der Waals surface area contributed by atoms with Crippen molar-refractivity contribution < 1.29 is 17.6 Å². The Kier molecular flexibility index (Phi) is 5.86. The van der Waals surface area contributed by atoms with Gasteiger partial charge in [-0.3, -0.25) is 15.2 Å². The number of hydrazine groups is 1. The van der Waals surface area contributed by atoms with Crippen LogP contribution in [0.15, 0.2) is 112 Å². The van der Waals surface area contributed by atoms with Gasteiger partial charge < -0.3 is 4.42 Å². The summed E-state index contributed by atoms with van der Waals surface area (Å²) < 4.78 is 30.7. The van der Waals surface area contributed by atoms with E-state index in [-0.39, 0.29) is 22.2 Å². The van der Waals surface area contributed by atoms with Gasteiger partial charge in [-0.1, -0.05) is 54.6 Å². The first-order valence-electron chi connectivity index (χ1n) is 9.61. The number of furan rings is 1. The van der Waals surface area contributed by atoms with Crippen molar-refractivity contribution in [2.45, 2.75) is 10.6 Å². The molecule has 0 bridgehead atoms. The van der Waals surface area contributed by atoms with Gasteiger partial charge in [-0.25, -0.2) is 8.42 Å². The molecular weight excluding hydrogens is 412 g/mol. The van der Waals surface area contributed by atoms with Gasteiger partial charge in [0.1, 0.15) is 11.5 Å². The third kappa shape index (κ3) is 4.84. The minimum absolute atomic E-state index is 0.0233. The molecule has 156 valence electrons. The Morgan fingerprint density at radius 1 is 0.742 bits per heavy atom. The van der Waals surface area contributed by atoms with Gasteiger partial charge in [-0.05, 0) is 48.5 Å². The molecule has 7 heteroatoms. The highest BCUT2D eigenvalue weighted by atomic mass is 32.2. The van der Waals surface area contributed by atoms with Crippen LogP contribution >= 0.6 is 0 Å². The minimum atomic E-state index is -3.57. The maximum absolute atomic E-state index is 12.9. The number of benzene rings is 3. The van der Waals surface area contributed by atoms with Crippen molar-refractivity contribution in [3.05, 3.63) is 115 Å². The molecule has 4 rings (SSSR count). The van der Waals surface area contributed by atoms with E-state index in [1.165, 1.54) is 24.3 Å². The van der Waals surface area contributed by atoms with E-state index in [1.807, 2.05) is 60.7 Å². The molecule has 0 aliphatic rings. The fraction of sp³-hybridized carbons (Fsp3) is 0.0417. The summed E-state index contributed by atoms with van der Waals surface area (Å²) in [6, 6.07) is 29.9. The van der Waals surface area contributed by atoms with Crippen molar-refractivity contribution in [3.8, 4) is 0 Å². The first-order chi connectivity index (χ1) is 15.0. The Labute approximate surface area is 180 Å². The van der Waals surface area contributed by atoms with Crippen molar-refractivity contribution >= 4 is 27.1 Å². The number of rotatable bonds is 7. The van der Waals surface area contributed by atoms with Crippen molar-refractivity contribution in [2.24, 2.45) is 0 Å². The molecule has 0 unspecified atom stereocenters. The Hall–Kier alpha value is -3.84. The average molecular weight is 433 g/mol. The zero-order valence-electron chi connectivity index (χ0n) is 16.5. The van der Waals surface area contributed by atoms with Gasteiger partial charge in [0, 0.05) is 0 Å². The molecule has 1 N–H and O–H groups in total. The van der Waals surface area contributed by atoms with Crippen LogP contribution in [0.1, 0.15) is 16.3 Å². The molecule has 4 aromatic rings. The van der Waals surface area contributed by atoms with E-state index < -0.39 is 15.7 Å². The molecule has 0 aliphatic carbocycles. The lowest BCUT2D eigenvalue weighted by Gasteiger charge is -2.25. The van der Waals surface area contributed by atoms with E-state index in [0.29, 0.717) is 0 Å².